The molecule has 0 fully saturated rings. The molecule has 0 saturated heterocycles. The predicted molar refractivity (Wildman–Crippen MR) is 250 cm³/mol. The van der Waals surface area contributed by atoms with Crippen LogP contribution in [0.5, 0.6) is 0 Å². The highest BCUT2D eigenvalue weighted by atomic mass is 32.2. The number of amidine groups is 4. The number of carboxylic acids is 1. The number of amides is 1. The van der Waals surface area contributed by atoms with Crippen molar-refractivity contribution in [2.45, 2.75) is 47.9 Å². The molecular weight excluding hydrogens is 1160 g/mol. The molecule has 0 aliphatic carbocycles. The maximum Gasteiger partial charge on any atom is 0.825 e. The Balaban J connectivity index is 1.21. The number of alkyl halides is 16. The minimum Gasteiger partial charge on any atom is -0.477 e. The minimum absolute atomic E-state index is 0.0118. The molecule has 5 aromatic carbocycles. The van der Waals surface area contributed by atoms with E-state index in [1.54, 1.807) is 0 Å². The molecule has 416 valence electrons. The minimum atomic E-state index is -5.83. The Bertz CT molecular complexity index is 4330. The van der Waals surface area contributed by atoms with E-state index in [4.69, 9.17) is 8.34 Å². The third-order valence-electron chi connectivity index (χ3n) is 13.0. The first kappa shape index (κ1) is 54.7. The summed E-state index contributed by atoms with van der Waals surface area (Å²) >= 11 is -5.01. The summed E-state index contributed by atoms with van der Waals surface area (Å²) in [5.74, 6) is -21.5. The van der Waals surface area contributed by atoms with E-state index in [0.717, 1.165) is 55.6 Å². The third-order valence-corrected chi connectivity index (χ3v) is 17.4. The van der Waals surface area contributed by atoms with Gasteiger partial charge < -0.3 is 20.8 Å². The van der Waals surface area contributed by atoms with Crippen LogP contribution in [0.25, 0.3) is 21.5 Å². The molecule has 0 radical (unpaired) electrons. The summed E-state index contributed by atoms with van der Waals surface area (Å²) in [6, 6.07) is 11.4. The molecule has 0 atom stereocenters. The molecule has 81 heavy (non-hydrogen) atoms. The highest BCUT2D eigenvalue weighted by molar-refractivity contribution is 7.87. The van der Waals surface area contributed by atoms with Crippen LogP contribution < -0.4 is 16.3 Å². The number of benzene rings is 5. The fraction of sp³-hybridized carbons (Fsp3) is 0.167. The number of nitrogens with zero attached hydrogens (tertiary/aromatic N) is 8. The normalized spacial score (nSPS) is 15.3. The molecule has 15 nitrogen and oxygen atoms in total. The van der Waals surface area contributed by atoms with Gasteiger partial charge in [0.25, 0.3) is 16.0 Å². The molecule has 1 amide bonds. The molecule has 6 heterocycles. The number of carbonyl (C=O) groups is 2. The number of nitrogens with one attached hydrogen (secondary N) is 1. The van der Waals surface area contributed by atoms with Gasteiger partial charge in [0.1, 0.15) is 22.6 Å². The van der Waals surface area contributed by atoms with Crippen molar-refractivity contribution < 1.29 is 96.6 Å². The number of aromatic nitrogens is 2. The van der Waals surface area contributed by atoms with Crippen LogP contribution in [0.3, 0.4) is 0 Å². The first-order valence-corrected chi connectivity index (χ1v) is 25.6. The summed E-state index contributed by atoms with van der Waals surface area (Å²) in [7, 11) is -5.48. The first-order chi connectivity index (χ1) is 37.6. The van der Waals surface area contributed by atoms with Crippen molar-refractivity contribution in [1.29, 1.82) is 0 Å². The van der Waals surface area contributed by atoms with E-state index in [-0.39, 0.29) is 16.7 Å². The Morgan fingerprint density at radius 1 is 0.494 bits per heavy atom. The number of carbonyl (C=O) groups excluding carboxylic acids is 1. The third kappa shape index (κ3) is 9.10. The topological polar surface area (TPSA) is 194 Å². The largest absolute Gasteiger partial charge is 0.825 e. The molecule has 0 saturated carbocycles. The van der Waals surface area contributed by atoms with Crippen LogP contribution in [0, 0.1) is 0 Å². The van der Waals surface area contributed by atoms with Crippen LogP contribution in [0.15, 0.2) is 132 Å². The Morgan fingerprint density at radius 2 is 0.926 bits per heavy atom. The summed E-state index contributed by atoms with van der Waals surface area (Å²) in [5.41, 5.74) is -8.25. The van der Waals surface area contributed by atoms with E-state index in [2.05, 4.69) is 30.0 Å². The lowest BCUT2D eigenvalue weighted by Gasteiger charge is -2.21. The van der Waals surface area contributed by atoms with Gasteiger partial charge >= 0.3 is 57.4 Å². The van der Waals surface area contributed by atoms with Crippen molar-refractivity contribution in [2.24, 2.45) is 30.0 Å². The SMILES string of the molecule is O=C(O)C(F)(F)C(F)(F)C(=O)NCCc1ccc(S(=O)(=O)[O][Al]2[n]3c4c5cc(C(F)(F)F)ccc5c3N=C3N=C(N=c5c6cc(C(F)(F)F)ccc6c([n]52)=NC2=NC(=N4)c4ccc(C(F)(F)F)cc42)c2ccc(C(F)(F)F)cc23)cc1. The van der Waals surface area contributed by atoms with Crippen molar-refractivity contribution in [3.63, 3.8) is 0 Å². The van der Waals surface area contributed by atoms with Gasteiger partial charge in [-0.15, -0.1) is 0 Å². The molecule has 33 heteroatoms. The maximum absolute atomic E-state index is 15.0. The Kier molecular flexibility index (Phi) is 12.2. The second-order valence-electron chi connectivity index (χ2n) is 18.0. The average Bonchev–Trinajstić information content (AvgIpc) is 4.16. The highest BCUT2D eigenvalue weighted by Gasteiger charge is 2.67. The molecule has 4 aliphatic rings. The number of hydrogen-bond donors (Lipinski definition) is 2. The number of halogens is 16. The van der Waals surface area contributed by atoms with E-state index in [0.29, 0.717) is 48.5 Å². The number of carboxylic acid groups (broad SMARTS) is 1. The van der Waals surface area contributed by atoms with Crippen molar-refractivity contribution >= 4 is 93.4 Å². The zero-order chi connectivity index (χ0) is 58.5. The van der Waals surface area contributed by atoms with Crippen LogP contribution in [-0.2, 0) is 54.1 Å². The van der Waals surface area contributed by atoms with Gasteiger partial charge in [0.2, 0.25) is 0 Å². The first-order valence-electron chi connectivity index (χ1n) is 22.7. The van der Waals surface area contributed by atoms with E-state index in [1.165, 1.54) is 5.32 Å². The van der Waals surface area contributed by atoms with E-state index in [9.17, 15) is 88.3 Å². The second-order valence-corrected chi connectivity index (χ2v) is 21.8. The number of fused-ring (bicyclic) bond motifs is 14. The zero-order valence-corrected chi connectivity index (χ0v) is 41.2. The van der Waals surface area contributed by atoms with Gasteiger partial charge in [0.05, 0.1) is 27.1 Å². The van der Waals surface area contributed by atoms with Crippen molar-refractivity contribution in [2.75, 3.05) is 6.54 Å². The second kappa shape index (κ2) is 18.1. The number of rotatable bonds is 9. The van der Waals surface area contributed by atoms with Crippen molar-refractivity contribution in [3.05, 3.63) is 158 Å². The number of hydrogen-bond acceptors (Lipinski definition) is 11. The predicted octanol–water partition coefficient (Wildman–Crippen LogP) is 9.42. The molecule has 4 aliphatic heterocycles. The van der Waals surface area contributed by atoms with Crippen LogP contribution in [-0.4, -0.2) is 89.2 Å². The van der Waals surface area contributed by atoms with Gasteiger partial charge in [-0.05, 0) is 96.9 Å². The van der Waals surface area contributed by atoms with Gasteiger partial charge in [-0.3, -0.25) is 4.79 Å². The molecular formula is C48H22AlF16N9O6S. The lowest BCUT2D eigenvalue weighted by Crippen LogP contribution is -2.56. The molecule has 0 unspecified atom stereocenters. The molecule has 11 rings (SSSR count). The maximum atomic E-state index is 15.0. The lowest BCUT2D eigenvalue weighted by molar-refractivity contribution is -0.222. The molecule has 2 aromatic heterocycles. The molecule has 2 N–H and O–H groups in total. The monoisotopic (exact) mass is 1180 g/mol. The van der Waals surface area contributed by atoms with Gasteiger partial charge in [0.15, 0.2) is 23.3 Å². The van der Waals surface area contributed by atoms with Gasteiger partial charge in [-0.1, -0.05) is 12.1 Å². The van der Waals surface area contributed by atoms with Crippen LogP contribution in [0.1, 0.15) is 50.1 Å². The summed E-state index contributed by atoms with van der Waals surface area (Å²) < 4.78 is 268. The fourth-order valence-corrected chi connectivity index (χ4v) is 13.4. The Hall–Kier alpha value is -8.28. The molecule has 6 bridgehead atoms. The van der Waals surface area contributed by atoms with E-state index >= 15 is 0 Å². The van der Waals surface area contributed by atoms with Crippen LogP contribution in [0.2, 0.25) is 0 Å². The summed E-state index contributed by atoms with van der Waals surface area (Å²) in [6.07, 6.45) is -20.9. The molecule has 7 aromatic rings. The van der Waals surface area contributed by atoms with Gasteiger partial charge in [-0.2, -0.15) is 78.7 Å². The smallest absolute Gasteiger partial charge is 0.477 e. The van der Waals surface area contributed by atoms with Crippen LogP contribution >= 0.6 is 0 Å². The average molecular weight is 1180 g/mol. The van der Waals surface area contributed by atoms with Gasteiger partial charge in [0, 0.05) is 50.3 Å². The lowest BCUT2D eigenvalue weighted by atomic mass is 10.0. The van der Waals surface area contributed by atoms with Crippen LogP contribution in [0.4, 0.5) is 81.9 Å². The Morgan fingerprint density at radius 3 is 1.44 bits per heavy atom. The van der Waals surface area contributed by atoms with E-state index in [1.807, 2.05) is 0 Å². The zero-order valence-electron chi connectivity index (χ0n) is 39.3. The number of aliphatic carboxylic acids is 1. The van der Waals surface area contributed by atoms with Gasteiger partial charge in [-0.25, -0.2) is 34.7 Å². The standard InChI is InChI=1S/C36H12F12N8.C12H11F4NO6S.Al/c37-33(38,39)13-1-5-17-21(9-13)29-49-25(17)53-30-22-10-14(34(40,41)42)2-6-18(22)27(50-30)55-32-24-12-16(36(46,47)48)4-8-20(24)28(52-32)56-31-23-11-15(35(43,44)45)3-7-19(23)26(51-31)54-29;13-11(14,12(15,16)10(19)20)9(18)17-6-5-7-1-3-8(4-2-7)24(21,22)23;/h1-12H;1-4H,5-6H2,(H,17,18)(H,19,20)(H,21,22,23);/q-2;;+3/p-1. The highest BCUT2D eigenvalue weighted by Crippen LogP contribution is 2.45. The van der Waals surface area contributed by atoms with Crippen molar-refractivity contribution in [1.82, 2.24) is 12.4 Å². The quantitative estimate of drug-likeness (QED) is 0.107. The molecule has 0 spiro atoms. The summed E-state index contributed by atoms with van der Waals surface area (Å²) in [6.45, 7) is -0.870. The number of aliphatic imine (C=N–C) groups is 4. The summed E-state index contributed by atoms with van der Waals surface area (Å²) in [5, 5.41) is 7.99. The van der Waals surface area contributed by atoms with E-state index < -0.39 is 192 Å². The Labute approximate surface area is 443 Å². The summed E-state index contributed by atoms with van der Waals surface area (Å²) in [4.78, 5) is 48.8. The van der Waals surface area contributed by atoms with Crippen molar-refractivity contribution in [3.8, 4) is 0 Å². The fourth-order valence-electron chi connectivity index (χ4n) is 9.08.